The normalized spacial score (nSPS) is 12.2. The van der Waals surface area contributed by atoms with E-state index >= 15 is 0 Å². The molecule has 0 heterocycles. The van der Waals surface area contributed by atoms with Gasteiger partial charge in [-0.2, -0.15) is 0 Å². The molecule has 0 fully saturated rings. The fraction of sp³-hybridized carbons (Fsp3) is 0.714. The van der Waals surface area contributed by atoms with Crippen molar-refractivity contribution in [1.82, 2.24) is 0 Å². The maximum atomic E-state index is 2.26. The summed E-state index contributed by atoms with van der Waals surface area (Å²) in [6, 6.07) is 0. The molecule has 0 aromatic carbocycles. The molecule has 0 aliphatic carbocycles. The summed E-state index contributed by atoms with van der Waals surface area (Å²) >= 11 is 0. The SMILES string of the molecule is CCC/C=C/[P]CC. The van der Waals surface area contributed by atoms with Crippen molar-refractivity contribution in [2.45, 2.75) is 26.7 Å². The monoisotopic (exact) mass is 129 g/mol. The Balaban J connectivity index is 2.83. The van der Waals surface area contributed by atoms with Crippen LogP contribution in [0.3, 0.4) is 0 Å². The van der Waals surface area contributed by atoms with Gasteiger partial charge in [-0.1, -0.05) is 40.7 Å². The minimum atomic E-state index is 1.24. The summed E-state index contributed by atoms with van der Waals surface area (Å²) in [7, 11) is 1.46. The highest BCUT2D eigenvalue weighted by atomic mass is 31.1. The first-order valence-electron chi connectivity index (χ1n) is 3.23. The molecular formula is C7H14P. The van der Waals surface area contributed by atoms with Crippen molar-refractivity contribution in [3.8, 4) is 0 Å². The van der Waals surface area contributed by atoms with Gasteiger partial charge < -0.3 is 0 Å². The molecule has 0 spiro atoms. The highest BCUT2D eigenvalue weighted by Crippen LogP contribution is 2.09. The smallest absolute Gasteiger partial charge is 0.0278 e. The standard InChI is InChI=1S/C7H14P/c1-3-5-6-7-8-4-2/h6-7H,3-5H2,1-2H3/b7-6+. The second kappa shape index (κ2) is 7.17. The lowest BCUT2D eigenvalue weighted by Gasteiger charge is -1.82. The molecule has 8 heavy (non-hydrogen) atoms. The van der Waals surface area contributed by atoms with E-state index in [1.54, 1.807) is 0 Å². The number of hydrogen-bond acceptors (Lipinski definition) is 0. The number of rotatable bonds is 4. The van der Waals surface area contributed by atoms with E-state index in [0.717, 1.165) is 0 Å². The lowest BCUT2D eigenvalue weighted by molar-refractivity contribution is 0.960. The Kier molecular flexibility index (Phi) is 7.32. The van der Waals surface area contributed by atoms with Crippen LogP contribution in [-0.2, 0) is 0 Å². The lowest BCUT2D eigenvalue weighted by Crippen LogP contribution is -1.58. The Morgan fingerprint density at radius 3 is 2.62 bits per heavy atom. The molecule has 0 amide bonds. The summed E-state index contributed by atoms with van der Waals surface area (Å²) in [5, 5.41) is 0. The molecule has 0 unspecified atom stereocenters. The maximum absolute atomic E-state index is 2.26. The zero-order valence-electron chi connectivity index (χ0n) is 5.72. The predicted octanol–water partition coefficient (Wildman–Crippen LogP) is 3.27. The van der Waals surface area contributed by atoms with Gasteiger partial charge in [-0.15, -0.1) is 0 Å². The van der Waals surface area contributed by atoms with Crippen LogP contribution in [0.15, 0.2) is 11.9 Å². The van der Waals surface area contributed by atoms with Crippen LogP contribution >= 0.6 is 8.58 Å². The summed E-state index contributed by atoms with van der Waals surface area (Å²) < 4.78 is 0. The van der Waals surface area contributed by atoms with Gasteiger partial charge in [0.25, 0.3) is 0 Å². The Morgan fingerprint density at radius 1 is 1.38 bits per heavy atom. The van der Waals surface area contributed by atoms with E-state index in [1.165, 1.54) is 27.6 Å². The second-order valence-electron chi connectivity index (χ2n) is 1.67. The first-order valence-corrected chi connectivity index (χ1v) is 4.38. The number of unbranched alkanes of at least 4 members (excludes halogenated alkanes) is 1. The van der Waals surface area contributed by atoms with Gasteiger partial charge in [-0.3, -0.25) is 0 Å². The minimum Gasteiger partial charge on any atom is -0.0837 e. The molecule has 0 bridgehead atoms. The number of allylic oxidation sites excluding steroid dienone is 1. The van der Waals surface area contributed by atoms with E-state index in [-0.39, 0.29) is 0 Å². The molecule has 0 N–H and O–H groups in total. The van der Waals surface area contributed by atoms with Crippen LogP contribution < -0.4 is 0 Å². The quantitative estimate of drug-likeness (QED) is 0.511. The number of hydrogen-bond donors (Lipinski definition) is 0. The van der Waals surface area contributed by atoms with Gasteiger partial charge in [-0.25, -0.2) is 0 Å². The highest BCUT2D eigenvalue weighted by Gasteiger charge is 1.72. The fourth-order valence-corrected chi connectivity index (χ4v) is 0.930. The molecule has 0 atom stereocenters. The van der Waals surface area contributed by atoms with Crippen molar-refractivity contribution in [3.63, 3.8) is 0 Å². The summed E-state index contributed by atoms with van der Waals surface area (Å²) in [6.07, 6.45) is 6.02. The van der Waals surface area contributed by atoms with E-state index in [4.69, 9.17) is 0 Å². The van der Waals surface area contributed by atoms with Crippen LogP contribution in [0.2, 0.25) is 0 Å². The van der Waals surface area contributed by atoms with Crippen LogP contribution in [-0.4, -0.2) is 6.16 Å². The predicted molar refractivity (Wildman–Crippen MR) is 41.5 cm³/mol. The molecule has 0 aromatic heterocycles. The van der Waals surface area contributed by atoms with E-state index in [1.807, 2.05) is 0 Å². The van der Waals surface area contributed by atoms with Crippen molar-refractivity contribution < 1.29 is 0 Å². The Bertz CT molecular complexity index is 49.4. The molecule has 0 saturated heterocycles. The van der Waals surface area contributed by atoms with Gasteiger partial charge in [0.2, 0.25) is 0 Å². The van der Waals surface area contributed by atoms with E-state index in [2.05, 4.69) is 25.7 Å². The minimum absolute atomic E-state index is 1.24. The largest absolute Gasteiger partial charge is 0.0837 e. The van der Waals surface area contributed by atoms with Gasteiger partial charge in [0, 0.05) is 0 Å². The van der Waals surface area contributed by atoms with Gasteiger partial charge in [0.05, 0.1) is 0 Å². The van der Waals surface area contributed by atoms with Crippen molar-refractivity contribution in [1.29, 1.82) is 0 Å². The van der Waals surface area contributed by atoms with Gasteiger partial charge >= 0.3 is 0 Å². The van der Waals surface area contributed by atoms with Gasteiger partial charge in [0.1, 0.15) is 0 Å². The van der Waals surface area contributed by atoms with Crippen LogP contribution in [0.1, 0.15) is 26.7 Å². The van der Waals surface area contributed by atoms with E-state index in [0.29, 0.717) is 0 Å². The molecule has 0 rings (SSSR count). The Hall–Kier alpha value is 0.170. The average molecular weight is 129 g/mol. The van der Waals surface area contributed by atoms with Crippen molar-refractivity contribution >= 4 is 8.58 Å². The molecule has 0 aromatic rings. The first kappa shape index (κ1) is 8.17. The lowest BCUT2D eigenvalue weighted by atomic mass is 10.3. The topological polar surface area (TPSA) is 0 Å². The van der Waals surface area contributed by atoms with E-state index < -0.39 is 0 Å². The van der Waals surface area contributed by atoms with Crippen LogP contribution in [0, 0.1) is 0 Å². The summed E-state index contributed by atoms with van der Waals surface area (Å²) in [5.41, 5.74) is 0. The third-order valence-electron chi connectivity index (χ3n) is 0.849. The maximum Gasteiger partial charge on any atom is -0.0278 e. The summed E-state index contributed by atoms with van der Waals surface area (Å²) in [6.45, 7) is 4.39. The summed E-state index contributed by atoms with van der Waals surface area (Å²) in [4.78, 5) is 0. The zero-order chi connectivity index (χ0) is 6.24. The Labute approximate surface area is 54.2 Å². The molecule has 0 aliphatic rings. The average Bonchev–Trinajstić information content (AvgIpc) is 1.81. The van der Waals surface area contributed by atoms with Crippen molar-refractivity contribution in [2.75, 3.05) is 6.16 Å². The molecular weight excluding hydrogens is 115 g/mol. The molecule has 0 aliphatic heterocycles. The van der Waals surface area contributed by atoms with Crippen LogP contribution in [0.25, 0.3) is 0 Å². The Morgan fingerprint density at radius 2 is 2.12 bits per heavy atom. The molecule has 1 heteroatoms. The summed E-state index contributed by atoms with van der Waals surface area (Å²) in [5.74, 6) is 2.24. The molecule has 0 nitrogen and oxygen atoms in total. The van der Waals surface area contributed by atoms with Crippen molar-refractivity contribution in [2.24, 2.45) is 0 Å². The first-order chi connectivity index (χ1) is 3.91. The van der Waals surface area contributed by atoms with Crippen LogP contribution in [0.5, 0.6) is 0 Å². The van der Waals surface area contributed by atoms with Gasteiger partial charge in [-0.05, 0) is 12.6 Å². The second-order valence-corrected chi connectivity index (χ2v) is 2.97. The van der Waals surface area contributed by atoms with E-state index in [9.17, 15) is 0 Å². The zero-order valence-corrected chi connectivity index (χ0v) is 6.62. The highest BCUT2D eigenvalue weighted by molar-refractivity contribution is 7.41. The third kappa shape index (κ3) is 6.17. The third-order valence-corrected chi connectivity index (χ3v) is 1.64. The molecule has 1 radical (unpaired) electrons. The van der Waals surface area contributed by atoms with Crippen LogP contribution in [0.4, 0.5) is 0 Å². The fourth-order valence-electron chi connectivity index (χ4n) is 0.421. The molecule has 47 valence electrons. The molecule has 0 saturated carbocycles. The van der Waals surface area contributed by atoms with Gasteiger partial charge in [0.15, 0.2) is 0 Å². The van der Waals surface area contributed by atoms with Crippen molar-refractivity contribution in [3.05, 3.63) is 11.9 Å².